The maximum atomic E-state index is 11.9. The number of rotatable bonds is 5. The Morgan fingerprint density at radius 1 is 1.26 bits per heavy atom. The Balaban J connectivity index is 1.98. The second-order valence-electron chi connectivity index (χ2n) is 4.75. The Morgan fingerprint density at radius 3 is 2.53 bits per heavy atom. The first-order valence-corrected chi connectivity index (χ1v) is 6.24. The lowest BCUT2D eigenvalue weighted by atomic mass is 9.77. The van der Waals surface area contributed by atoms with E-state index in [1.807, 2.05) is 12.1 Å². The summed E-state index contributed by atoms with van der Waals surface area (Å²) in [7, 11) is 0. The van der Waals surface area contributed by atoms with Crippen molar-refractivity contribution in [2.45, 2.75) is 31.4 Å². The standard InChI is InChI=1S/C14H15F3O2/c15-14(16,17)9-19-8-13(18)12-7-2-1-6-11(12)10-4-3-5-10/h1-2,6-7,10H,3-5,8-9H2. The lowest BCUT2D eigenvalue weighted by molar-refractivity contribution is -0.170. The quantitative estimate of drug-likeness (QED) is 0.764. The van der Waals surface area contributed by atoms with Gasteiger partial charge in [0.15, 0.2) is 5.78 Å². The predicted octanol–water partition coefficient (Wildman–Crippen LogP) is 3.72. The average Bonchev–Trinajstić information content (AvgIpc) is 2.25. The summed E-state index contributed by atoms with van der Waals surface area (Å²) in [5.74, 6) is -0.0190. The fraction of sp³-hybridized carbons (Fsp3) is 0.500. The van der Waals surface area contributed by atoms with Gasteiger partial charge < -0.3 is 4.74 Å². The van der Waals surface area contributed by atoms with Crippen LogP contribution in [0.2, 0.25) is 0 Å². The second-order valence-corrected chi connectivity index (χ2v) is 4.75. The second kappa shape index (κ2) is 5.74. The van der Waals surface area contributed by atoms with Crippen molar-refractivity contribution in [3.63, 3.8) is 0 Å². The molecule has 0 bridgehead atoms. The van der Waals surface area contributed by atoms with Gasteiger partial charge in [-0.15, -0.1) is 0 Å². The van der Waals surface area contributed by atoms with E-state index in [-0.39, 0.29) is 5.78 Å². The maximum Gasteiger partial charge on any atom is 0.411 e. The minimum absolute atomic E-state index is 0.364. The number of ether oxygens (including phenoxy) is 1. The van der Waals surface area contributed by atoms with Crippen molar-refractivity contribution in [1.82, 2.24) is 0 Å². The molecule has 0 spiro atoms. The topological polar surface area (TPSA) is 26.3 Å². The fourth-order valence-corrected chi connectivity index (χ4v) is 2.16. The molecule has 0 aromatic heterocycles. The van der Waals surface area contributed by atoms with E-state index in [9.17, 15) is 18.0 Å². The molecule has 0 radical (unpaired) electrons. The van der Waals surface area contributed by atoms with Gasteiger partial charge in [-0.25, -0.2) is 0 Å². The number of benzene rings is 1. The number of carbonyl (C=O) groups is 1. The van der Waals surface area contributed by atoms with E-state index in [1.54, 1.807) is 12.1 Å². The highest BCUT2D eigenvalue weighted by molar-refractivity contribution is 5.98. The summed E-state index contributed by atoms with van der Waals surface area (Å²) in [6.45, 7) is -1.91. The Hall–Kier alpha value is -1.36. The van der Waals surface area contributed by atoms with Crippen molar-refractivity contribution >= 4 is 5.78 Å². The van der Waals surface area contributed by atoms with Gasteiger partial charge in [-0.2, -0.15) is 13.2 Å². The van der Waals surface area contributed by atoms with Gasteiger partial charge in [-0.1, -0.05) is 30.7 Å². The molecule has 19 heavy (non-hydrogen) atoms. The number of carbonyl (C=O) groups excluding carboxylic acids is 1. The molecule has 1 saturated carbocycles. The molecule has 1 aromatic rings. The summed E-state index contributed by atoms with van der Waals surface area (Å²) in [6.07, 6.45) is -1.19. The summed E-state index contributed by atoms with van der Waals surface area (Å²) in [5.41, 5.74) is 1.43. The van der Waals surface area contributed by atoms with Crippen LogP contribution >= 0.6 is 0 Å². The van der Waals surface area contributed by atoms with Gasteiger partial charge in [0, 0.05) is 5.56 Å². The molecule has 0 aliphatic heterocycles. The van der Waals surface area contributed by atoms with Crippen molar-refractivity contribution in [2.75, 3.05) is 13.2 Å². The summed E-state index contributed by atoms with van der Waals surface area (Å²) in [4.78, 5) is 11.9. The van der Waals surface area contributed by atoms with Crippen LogP contribution in [0.3, 0.4) is 0 Å². The number of ketones is 1. The number of alkyl halides is 3. The molecule has 0 unspecified atom stereocenters. The van der Waals surface area contributed by atoms with E-state index < -0.39 is 19.4 Å². The van der Waals surface area contributed by atoms with Gasteiger partial charge in [-0.05, 0) is 24.3 Å². The van der Waals surface area contributed by atoms with Crippen molar-refractivity contribution in [2.24, 2.45) is 0 Å². The van der Waals surface area contributed by atoms with E-state index in [1.165, 1.54) is 0 Å². The summed E-state index contributed by atoms with van der Waals surface area (Å²) in [6, 6.07) is 7.11. The molecule has 0 amide bonds. The average molecular weight is 272 g/mol. The molecule has 2 rings (SSSR count). The molecular weight excluding hydrogens is 257 g/mol. The predicted molar refractivity (Wildman–Crippen MR) is 64.2 cm³/mol. The van der Waals surface area contributed by atoms with Crippen molar-refractivity contribution in [1.29, 1.82) is 0 Å². The monoisotopic (exact) mass is 272 g/mol. The van der Waals surface area contributed by atoms with Gasteiger partial charge in [0.1, 0.15) is 13.2 Å². The van der Waals surface area contributed by atoms with Crippen LogP contribution in [0.5, 0.6) is 0 Å². The normalized spacial score (nSPS) is 16.2. The Bertz CT molecular complexity index is 450. The summed E-state index contributed by atoms with van der Waals surface area (Å²) in [5, 5.41) is 0. The Labute approximate surface area is 109 Å². The van der Waals surface area contributed by atoms with Crippen LogP contribution in [0.1, 0.15) is 41.1 Å². The van der Waals surface area contributed by atoms with Crippen LogP contribution in [0.25, 0.3) is 0 Å². The first-order chi connectivity index (χ1) is 8.97. The zero-order chi connectivity index (χ0) is 13.9. The van der Waals surface area contributed by atoms with E-state index in [4.69, 9.17) is 0 Å². The minimum Gasteiger partial charge on any atom is -0.364 e. The van der Waals surface area contributed by atoms with Gasteiger partial charge in [0.25, 0.3) is 0 Å². The maximum absolute atomic E-state index is 11.9. The highest BCUT2D eigenvalue weighted by Crippen LogP contribution is 2.38. The van der Waals surface area contributed by atoms with Gasteiger partial charge in [0.2, 0.25) is 0 Å². The van der Waals surface area contributed by atoms with Crippen LogP contribution in [0.4, 0.5) is 13.2 Å². The molecule has 2 nitrogen and oxygen atoms in total. The Morgan fingerprint density at radius 2 is 1.95 bits per heavy atom. The zero-order valence-corrected chi connectivity index (χ0v) is 10.4. The molecule has 1 fully saturated rings. The van der Waals surface area contributed by atoms with Crippen LogP contribution in [0.15, 0.2) is 24.3 Å². The van der Waals surface area contributed by atoms with E-state index in [2.05, 4.69) is 4.74 Å². The third-order valence-corrected chi connectivity index (χ3v) is 3.31. The molecule has 1 aliphatic carbocycles. The van der Waals surface area contributed by atoms with Crippen LogP contribution in [0, 0.1) is 0 Å². The third kappa shape index (κ3) is 3.80. The molecule has 0 heterocycles. The van der Waals surface area contributed by atoms with Crippen molar-refractivity contribution in [3.8, 4) is 0 Å². The van der Waals surface area contributed by atoms with Crippen molar-refractivity contribution in [3.05, 3.63) is 35.4 Å². The highest BCUT2D eigenvalue weighted by atomic mass is 19.4. The fourth-order valence-electron chi connectivity index (χ4n) is 2.16. The number of Topliss-reactive ketones (excluding diaryl/α,β-unsaturated/α-hetero) is 1. The lowest BCUT2D eigenvalue weighted by Gasteiger charge is -2.27. The Kier molecular flexibility index (Phi) is 4.24. The molecule has 0 N–H and O–H groups in total. The smallest absolute Gasteiger partial charge is 0.364 e. The van der Waals surface area contributed by atoms with E-state index >= 15 is 0 Å². The van der Waals surface area contributed by atoms with Crippen LogP contribution < -0.4 is 0 Å². The number of halogens is 3. The molecule has 1 aliphatic rings. The van der Waals surface area contributed by atoms with Gasteiger partial charge in [0.05, 0.1) is 0 Å². The summed E-state index contributed by atoms with van der Waals surface area (Å²) >= 11 is 0. The molecule has 0 atom stereocenters. The zero-order valence-electron chi connectivity index (χ0n) is 10.4. The van der Waals surface area contributed by atoms with Crippen LogP contribution in [-0.2, 0) is 4.74 Å². The molecule has 1 aromatic carbocycles. The molecule has 104 valence electrons. The third-order valence-electron chi connectivity index (χ3n) is 3.31. The van der Waals surface area contributed by atoms with E-state index in [0.29, 0.717) is 11.5 Å². The molecule has 0 saturated heterocycles. The largest absolute Gasteiger partial charge is 0.411 e. The lowest BCUT2D eigenvalue weighted by Crippen LogP contribution is -2.22. The van der Waals surface area contributed by atoms with E-state index in [0.717, 1.165) is 24.8 Å². The van der Waals surface area contributed by atoms with Gasteiger partial charge >= 0.3 is 6.18 Å². The summed E-state index contributed by atoms with van der Waals surface area (Å²) < 4.78 is 40.3. The van der Waals surface area contributed by atoms with Crippen LogP contribution in [-0.4, -0.2) is 25.2 Å². The first kappa shape index (κ1) is 14.1. The van der Waals surface area contributed by atoms with Crippen molar-refractivity contribution < 1.29 is 22.7 Å². The number of hydrogen-bond donors (Lipinski definition) is 0. The molecular formula is C14H15F3O2. The number of hydrogen-bond acceptors (Lipinski definition) is 2. The minimum atomic E-state index is -4.40. The highest BCUT2D eigenvalue weighted by Gasteiger charge is 2.28. The first-order valence-electron chi connectivity index (χ1n) is 6.24. The van der Waals surface area contributed by atoms with Gasteiger partial charge in [-0.3, -0.25) is 4.79 Å². The molecule has 5 heteroatoms. The SMILES string of the molecule is O=C(COCC(F)(F)F)c1ccccc1C1CCC1.